The number of fused-ring (bicyclic) bond motifs is 1. The van der Waals surface area contributed by atoms with Gasteiger partial charge in [0.05, 0.1) is 31.2 Å². The van der Waals surface area contributed by atoms with Crippen molar-refractivity contribution in [3.8, 4) is 0 Å². The Bertz CT molecular complexity index is 755. The molecule has 3 heterocycles. The second-order valence-corrected chi connectivity index (χ2v) is 8.20. The van der Waals surface area contributed by atoms with E-state index in [1.54, 1.807) is 28.6 Å². The molecule has 2 fully saturated rings. The van der Waals surface area contributed by atoms with Gasteiger partial charge in [0.1, 0.15) is 12.3 Å². The van der Waals surface area contributed by atoms with Crippen molar-refractivity contribution in [2.45, 2.75) is 38.8 Å². The molecule has 6 nitrogen and oxygen atoms in total. The van der Waals surface area contributed by atoms with Gasteiger partial charge in [-0.05, 0) is 36.4 Å². The Hall–Kier alpha value is -2.41. The fourth-order valence-electron chi connectivity index (χ4n) is 4.04. The van der Waals surface area contributed by atoms with E-state index in [4.69, 9.17) is 4.42 Å². The number of hydrogen-bond acceptors (Lipinski definition) is 5. The zero-order valence-corrected chi connectivity index (χ0v) is 15.8. The number of nitrogens with zero attached hydrogens (tertiary/aromatic N) is 2. The highest BCUT2D eigenvalue weighted by Gasteiger charge is 2.48. The fraction of sp³-hybridized carbons (Fsp3) is 0.450. The van der Waals surface area contributed by atoms with Gasteiger partial charge in [0.25, 0.3) is 0 Å². The number of furan rings is 1. The molecule has 7 heteroatoms. The first-order chi connectivity index (χ1) is 13.1. The lowest BCUT2D eigenvalue weighted by Gasteiger charge is -2.24. The summed E-state index contributed by atoms with van der Waals surface area (Å²) >= 11 is 1.57. The molecule has 0 bridgehead atoms. The van der Waals surface area contributed by atoms with E-state index in [1.807, 2.05) is 23.6 Å². The van der Waals surface area contributed by atoms with Crippen LogP contribution in [-0.2, 0) is 27.5 Å². The molecule has 2 atom stereocenters. The van der Waals surface area contributed by atoms with Crippen LogP contribution >= 0.6 is 11.3 Å². The molecule has 0 N–H and O–H groups in total. The molecule has 1 aliphatic heterocycles. The minimum atomic E-state index is -0.236. The van der Waals surface area contributed by atoms with Gasteiger partial charge < -0.3 is 9.32 Å². The van der Waals surface area contributed by atoms with Crippen LogP contribution in [-0.4, -0.2) is 34.1 Å². The van der Waals surface area contributed by atoms with Crippen molar-refractivity contribution in [3.63, 3.8) is 0 Å². The molecular weight excluding hydrogens is 364 g/mol. The normalized spacial score (nSPS) is 22.1. The van der Waals surface area contributed by atoms with E-state index < -0.39 is 0 Å². The van der Waals surface area contributed by atoms with Gasteiger partial charge in [0, 0.05) is 4.88 Å². The van der Waals surface area contributed by atoms with E-state index in [9.17, 15) is 14.4 Å². The summed E-state index contributed by atoms with van der Waals surface area (Å²) in [7, 11) is 0. The van der Waals surface area contributed by atoms with Crippen molar-refractivity contribution in [2.75, 3.05) is 6.54 Å². The second-order valence-electron chi connectivity index (χ2n) is 7.17. The number of carbonyl (C=O) groups is 3. The fourth-order valence-corrected chi connectivity index (χ4v) is 4.76. The highest BCUT2D eigenvalue weighted by molar-refractivity contribution is 7.09. The Morgan fingerprint density at radius 2 is 1.85 bits per heavy atom. The Balaban J connectivity index is 1.49. The highest BCUT2D eigenvalue weighted by atomic mass is 32.1. The van der Waals surface area contributed by atoms with Gasteiger partial charge in [-0.25, -0.2) is 0 Å². The molecule has 0 radical (unpaired) electrons. The summed E-state index contributed by atoms with van der Waals surface area (Å²) in [4.78, 5) is 42.2. The number of carbonyl (C=O) groups excluding carboxylic acids is 3. The lowest BCUT2D eigenvalue weighted by atomic mass is 9.81. The average molecular weight is 386 g/mol. The van der Waals surface area contributed by atoms with E-state index >= 15 is 0 Å². The largest absolute Gasteiger partial charge is 0.467 e. The second kappa shape index (κ2) is 7.68. The Kier molecular flexibility index (Phi) is 5.11. The Labute approximate surface area is 161 Å². The molecule has 4 rings (SSSR count). The van der Waals surface area contributed by atoms with Crippen LogP contribution in [0.5, 0.6) is 0 Å². The van der Waals surface area contributed by atoms with Gasteiger partial charge in [-0.3, -0.25) is 19.3 Å². The van der Waals surface area contributed by atoms with Gasteiger partial charge in [-0.15, -0.1) is 11.3 Å². The van der Waals surface area contributed by atoms with Gasteiger partial charge >= 0.3 is 0 Å². The van der Waals surface area contributed by atoms with Crippen LogP contribution in [0.2, 0.25) is 0 Å². The first-order valence-corrected chi connectivity index (χ1v) is 10.2. The summed E-state index contributed by atoms with van der Waals surface area (Å²) in [6.45, 7) is 0.559. The summed E-state index contributed by atoms with van der Waals surface area (Å²) in [5.41, 5.74) is 0. The molecule has 1 saturated carbocycles. The standard InChI is InChI=1S/C20H22N2O4S/c23-18(13-22-19(24)16-7-1-2-8-17(16)20(22)25)21(11-14-5-3-9-26-14)12-15-6-4-10-27-15/h3-6,9-10,16-17H,1-2,7-8,11-13H2. The summed E-state index contributed by atoms with van der Waals surface area (Å²) in [5.74, 6) is -0.364. The summed E-state index contributed by atoms with van der Waals surface area (Å²) in [6.07, 6.45) is 5.04. The van der Waals surface area contributed by atoms with Crippen LogP contribution in [0.3, 0.4) is 0 Å². The van der Waals surface area contributed by atoms with Crippen LogP contribution in [0.1, 0.15) is 36.3 Å². The maximum Gasteiger partial charge on any atom is 0.243 e. The lowest BCUT2D eigenvalue weighted by molar-refractivity contribution is -0.147. The van der Waals surface area contributed by atoms with Crippen LogP contribution in [0.25, 0.3) is 0 Å². The number of hydrogen-bond donors (Lipinski definition) is 0. The van der Waals surface area contributed by atoms with Crippen LogP contribution in [0.15, 0.2) is 40.3 Å². The quantitative estimate of drug-likeness (QED) is 0.716. The van der Waals surface area contributed by atoms with Crippen molar-refractivity contribution >= 4 is 29.1 Å². The van der Waals surface area contributed by atoms with Crippen molar-refractivity contribution in [1.82, 2.24) is 9.80 Å². The summed E-state index contributed by atoms with van der Waals surface area (Å²) < 4.78 is 5.38. The maximum atomic E-state index is 13.0. The average Bonchev–Trinajstić information content (AvgIpc) is 3.41. The molecule has 27 heavy (non-hydrogen) atoms. The molecule has 3 amide bonds. The van der Waals surface area contributed by atoms with Gasteiger partial charge in [0.2, 0.25) is 17.7 Å². The van der Waals surface area contributed by atoms with E-state index in [0.717, 1.165) is 30.6 Å². The smallest absolute Gasteiger partial charge is 0.243 e. The van der Waals surface area contributed by atoms with E-state index in [1.165, 1.54) is 4.90 Å². The molecule has 2 unspecified atom stereocenters. The van der Waals surface area contributed by atoms with Gasteiger partial charge in [0.15, 0.2) is 0 Å². The zero-order valence-electron chi connectivity index (χ0n) is 15.0. The van der Waals surface area contributed by atoms with Crippen LogP contribution < -0.4 is 0 Å². The molecule has 1 aliphatic carbocycles. The number of amides is 3. The predicted octanol–water partition coefficient (Wildman–Crippen LogP) is 3.05. The van der Waals surface area contributed by atoms with Crippen molar-refractivity contribution in [1.29, 1.82) is 0 Å². The molecular formula is C20H22N2O4S. The topological polar surface area (TPSA) is 70.8 Å². The van der Waals surface area contributed by atoms with Crippen LogP contribution in [0, 0.1) is 11.8 Å². The SMILES string of the molecule is O=C(CN1C(=O)C2CCCCC2C1=O)N(Cc1ccco1)Cc1cccs1. The monoisotopic (exact) mass is 386 g/mol. The Morgan fingerprint density at radius 1 is 1.11 bits per heavy atom. The minimum absolute atomic E-state index is 0.174. The molecule has 0 spiro atoms. The van der Waals surface area contributed by atoms with Gasteiger partial charge in [-0.1, -0.05) is 18.9 Å². The van der Waals surface area contributed by atoms with Gasteiger partial charge in [-0.2, -0.15) is 0 Å². The third-order valence-electron chi connectivity index (χ3n) is 5.43. The molecule has 142 valence electrons. The van der Waals surface area contributed by atoms with Crippen molar-refractivity contribution in [2.24, 2.45) is 11.8 Å². The number of imide groups is 1. The predicted molar refractivity (Wildman–Crippen MR) is 99.4 cm³/mol. The number of likely N-dealkylation sites (tertiary alicyclic amines) is 1. The molecule has 2 aliphatic rings. The first kappa shape index (κ1) is 18.0. The third-order valence-corrected chi connectivity index (χ3v) is 6.29. The van der Waals surface area contributed by atoms with E-state index in [2.05, 4.69) is 0 Å². The zero-order chi connectivity index (χ0) is 18.8. The highest BCUT2D eigenvalue weighted by Crippen LogP contribution is 2.38. The van der Waals surface area contributed by atoms with E-state index in [0.29, 0.717) is 18.8 Å². The molecule has 0 aromatic carbocycles. The minimum Gasteiger partial charge on any atom is -0.467 e. The van der Waals surface area contributed by atoms with Crippen LogP contribution in [0.4, 0.5) is 0 Å². The number of rotatable bonds is 6. The van der Waals surface area contributed by atoms with E-state index in [-0.39, 0.29) is 36.1 Å². The molecule has 2 aromatic heterocycles. The summed E-state index contributed by atoms with van der Waals surface area (Å²) in [5, 5.41) is 1.96. The molecule has 2 aromatic rings. The third kappa shape index (κ3) is 3.69. The van der Waals surface area contributed by atoms with Crippen molar-refractivity contribution < 1.29 is 18.8 Å². The molecule has 1 saturated heterocycles. The maximum absolute atomic E-state index is 13.0. The first-order valence-electron chi connectivity index (χ1n) is 9.31. The Morgan fingerprint density at radius 3 is 2.44 bits per heavy atom. The lowest BCUT2D eigenvalue weighted by Crippen LogP contribution is -2.42. The van der Waals surface area contributed by atoms with Crippen molar-refractivity contribution in [3.05, 3.63) is 46.5 Å². The number of thiophene rings is 1. The summed E-state index contributed by atoms with van der Waals surface area (Å²) in [6, 6.07) is 7.50.